The first-order valence-corrected chi connectivity index (χ1v) is 7.08. The summed E-state index contributed by atoms with van der Waals surface area (Å²) in [5.74, 6) is 1.18. The summed E-state index contributed by atoms with van der Waals surface area (Å²) in [4.78, 5) is 12.3. The number of carbonyl (C=O) groups excluding carboxylic acids is 1. The van der Waals surface area contributed by atoms with E-state index in [2.05, 4.69) is 15.5 Å². The number of aryl methyl sites for hydroxylation is 1. The monoisotopic (exact) mass is 285 g/mol. The molecule has 0 atom stereocenters. The van der Waals surface area contributed by atoms with E-state index in [0.29, 0.717) is 36.1 Å². The number of hydrogen-bond acceptors (Lipinski definition) is 4. The van der Waals surface area contributed by atoms with Gasteiger partial charge in [-0.2, -0.15) is 5.10 Å². The van der Waals surface area contributed by atoms with E-state index in [0.717, 1.165) is 30.5 Å². The Bertz CT molecular complexity index is 708. The standard InChI is InChI=1S/C15H15N3O3/c19-15(14-10-2-1-3-11(10)17-18-14)16-9-4-5-12-13(8-9)21-7-6-20-12/h4-5,8H,1-3,6-7H2,(H,16,19)(H,17,18). The van der Waals surface area contributed by atoms with Crippen LogP contribution in [-0.4, -0.2) is 29.3 Å². The Hall–Kier alpha value is -2.50. The van der Waals surface area contributed by atoms with Gasteiger partial charge in [-0.3, -0.25) is 9.89 Å². The van der Waals surface area contributed by atoms with E-state index in [1.807, 2.05) is 0 Å². The average Bonchev–Trinajstić information content (AvgIpc) is 3.09. The first-order chi connectivity index (χ1) is 10.3. The molecule has 1 aromatic carbocycles. The van der Waals surface area contributed by atoms with Crippen LogP contribution in [0.2, 0.25) is 0 Å². The molecule has 0 saturated carbocycles. The maximum atomic E-state index is 12.3. The molecular weight excluding hydrogens is 270 g/mol. The van der Waals surface area contributed by atoms with Gasteiger partial charge in [-0.05, 0) is 31.4 Å². The van der Waals surface area contributed by atoms with Crippen LogP contribution in [0.15, 0.2) is 18.2 Å². The van der Waals surface area contributed by atoms with Crippen molar-refractivity contribution in [2.45, 2.75) is 19.3 Å². The number of benzene rings is 1. The van der Waals surface area contributed by atoms with Crippen LogP contribution in [0, 0.1) is 0 Å². The molecule has 2 aromatic rings. The van der Waals surface area contributed by atoms with Crippen molar-refractivity contribution in [1.82, 2.24) is 10.2 Å². The minimum Gasteiger partial charge on any atom is -0.486 e. The Labute approximate surface area is 121 Å². The van der Waals surface area contributed by atoms with Crippen LogP contribution in [0.1, 0.15) is 28.2 Å². The van der Waals surface area contributed by atoms with Crippen LogP contribution in [0.25, 0.3) is 0 Å². The molecule has 1 aliphatic carbocycles. The molecule has 2 heterocycles. The zero-order valence-electron chi connectivity index (χ0n) is 11.4. The molecule has 21 heavy (non-hydrogen) atoms. The predicted molar refractivity (Wildman–Crippen MR) is 76.0 cm³/mol. The highest BCUT2D eigenvalue weighted by Gasteiger charge is 2.23. The highest BCUT2D eigenvalue weighted by atomic mass is 16.6. The summed E-state index contributed by atoms with van der Waals surface area (Å²) in [6.07, 6.45) is 2.96. The molecule has 1 aliphatic heterocycles. The molecule has 6 heteroatoms. The Kier molecular flexibility index (Phi) is 2.80. The van der Waals surface area contributed by atoms with E-state index in [4.69, 9.17) is 9.47 Å². The summed E-state index contributed by atoms with van der Waals surface area (Å²) < 4.78 is 11.0. The molecule has 0 fully saturated rings. The molecule has 0 bridgehead atoms. The maximum Gasteiger partial charge on any atom is 0.276 e. The van der Waals surface area contributed by atoms with Crippen molar-refractivity contribution in [3.63, 3.8) is 0 Å². The van der Waals surface area contributed by atoms with Crippen molar-refractivity contribution >= 4 is 11.6 Å². The van der Waals surface area contributed by atoms with E-state index in [1.54, 1.807) is 18.2 Å². The predicted octanol–water partition coefficient (Wildman–Crippen LogP) is 1.92. The Balaban J connectivity index is 1.56. The highest BCUT2D eigenvalue weighted by molar-refractivity contribution is 6.04. The summed E-state index contributed by atoms with van der Waals surface area (Å²) in [5.41, 5.74) is 3.31. The van der Waals surface area contributed by atoms with E-state index >= 15 is 0 Å². The SMILES string of the molecule is O=C(Nc1ccc2c(c1)OCCO2)c1n[nH]c2c1CCC2. The fourth-order valence-corrected chi connectivity index (χ4v) is 2.82. The second-order valence-electron chi connectivity index (χ2n) is 5.20. The molecule has 1 amide bonds. The molecule has 0 spiro atoms. The summed E-state index contributed by atoms with van der Waals surface area (Å²) in [6.45, 7) is 1.08. The minimum absolute atomic E-state index is 0.189. The van der Waals surface area contributed by atoms with Gasteiger partial charge < -0.3 is 14.8 Å². The van der Waals surface area contributed by atoms with Crippen LogP contribution >= 0.6 is 0 Å². The number of anilines is 1. The lowest BCUT2D eigenvalue weighted by molar-refractivity contribution is 0.102. The molecule has 0 unspecified atom stereocenters. The average molecular weight is 285 g/mol. The van der Waals surface area contributed by atoms with E-state index in [9.17, 15) is 4.79 Å². The molecular formula is C15H15N3O3. The quantitative estimate of drug-likeness (QED) is 0.884. The number of fused-ring (bicyclic) bond motifs is 2. The van der Waals surface area contributed by atoms with Crippen LogP contribution in [0.5, 0.6) is 11.5 Å². The number of amides is 1. The van der Waals surface area contributed by atoms with Crippen molar-refractivity contribution in [1.29, 1.82) is 0 Å². The smallest absolute Gasteiger partial charge is 0.276 e. The largest absolute Gasteiger partial charge is 0.486 e. The van der Waals surface area contributed by atoms with E-state index < -0.39 is 0 Å². The molecule has 0 radical (unpaired) electrons. The fourth-order valence-electron chi connectivity index (χ4n) is 2.82. The molecule has 2 aliphatic rings. The van der Waals surface area contributed by atoms with Gasteiger partial charge in [0.05, 0.1) is 0 Å². The lowest BCUT2D eigenvalue weighted by atomic mass is 10.2. The van der Waals surface area contributed by atoms with E-state index in [1.165, 1.54) is 0 Å². The number of H-pyrrole nitrogens is 1. The zero-order valence-corrected chi connectivity index (χ0v) is 11.4. The minimum atomic E-state index is -0.189. The van der Waals surface area contributed by atoms with Crippen molar-refractivity contribution in [2.24, 2.45) is 0 Å². The van der Waals surface area contributed by atoms with Crippen molar-refractivity contribution < 1.29 is 14.3 Å². The number of aromatic amines is 1. The number of nitrogens with zero attached hydrogens (tertiary/aromatic N) is 1. The molecule has 108 valence electrons. The van der Waals surface area contributed by atoms with Crippen molar-refractivity contribution in [3.05, 3.63) is 35.2 Å². The maximum absolute atomic E-state index is 12.3. The van der Waals surface area contributed by atoms with Crippen LogP contribution in [-0.2, 0) is 12.8 Å². The van der Waals surface area contributed by atoms with Gasteiger partial charge in [-0.1, -0.05) is 0 Å². The van der Waals surface area contributed by atoms with Crippen LogP contribution < -0.4 is 14.8 Å². The number of rotatable bonds is 2. The third kappa shape index (κ3) is 2.12. The third-order valence-corrected chi connectivity index (χ3v) is 3.82. The summed E-state index contributed by atoms with van der Waals surface area (Å²) in [7, 11) is 0. The summed E-state index contributed by atoms with van der Waals surface area (Å²) >= 11 is 0. The van der Waals surface area contributed by atoms with Crippen LogP contribution in [0.3, 0.4) is 0 Å². The molecule has 4 rings (SSSR count). The van der Waals surface area contributed by atoms with Gasteiger partial charge in [0.25, 0.3) is 5.91 Å². The fraction of sp³-hybridized carbons (Fsp3) is 0.333. The van der Waals surface area contributed by atoms with E-state index in [-0.39, 0.29) is 5.91 Å². The number of carbonyl (C=O) groups is 1. The second-order valence-corrected chi connectivity index (χ2v) is 5.20. The number of aromatic nitrogens is 2. The first kappa shape index (κ1) is 12.3. The zero-order chi connectivity index (χ0) is 14.2. The summed E-state index contributed by atoms with van der Waals surface area (Å²) in [6, 6.07) is 5.39. The summed E-state index contributed by atoms with van der Waals surface area (Å²) in [5, 5.41) is 9.94. The lowest BCUT2D eigenvalue weighted by Crippen LogP contribution is -2.17. The van der Waals surface area contributed by atoms with Gasteiger partial charge in [-0.15, -0.1) is 0 Å². The van der Waals surface area contributed by atoms with Crippen molar-refractivity contribution in [3.8, 4) is 11.5 Å². The Morgan fingerprint density at radius 3 is 2.95 bits per heavy atom. The molecule has 0 saturated heterocycles. The number of ether oxygens (including phenoxy) is 2. The number of hydrogen-bond donors (Lipinski definition) is 2. The van der Waals surface area contributed by atoms with Crippen molar-refractivity contribution in [2.75, 3.05) is 18.5 Å². The molecule has 2 N–H and O–H groups in total. The van der Waals surface area contributed by atoms with Gasteiger partial charge in [0.2, 0.25) is 0 Å². The number of nitrogens with one attached hydrogen (secondary N) is 2. The molecule has 6 nitrogen and oxygen atoms in total. The topological polar surface area (TPSA) is 76.2 Å². The Morgan fingerprint density at radius 1 is 1.19 bits per heavy atom. The van der Waals surface area contributed by atoms with Gasteiger partial charge in [0.15, 0.2) is 17.2 Å². The highest BCUT2D eigenvalue weighted by Crippen LogP contribution is 2.33. The molecule has 1 aromatic heterocycles. The third-order valence-electron chi connectivity index (χ3n) is 3.82. The Morgan fingerprint density at radius 2 is 2.05 bits per heavy atom. The lowest BCUT2D eigenvalue weighted by Gasteiger charge is -2.18. The van der Waals surface area contributed by atoms with Gasteiger partial charge >= 0.3 is 0 Å². The second kappa shape index (κ2) is 4.80. The first-order valence-electron chi connectivity index (χ1n) is 7.08. The van der Waals surface area contributed by atoms with Gasteiger partial charge in [-0.25, -0.2) is 0 Å². The van der Waals surface area contributed by atoms with Crippen LogP contribution in [0.4, 0.5) is 5.69 Å². The van der Waals surface area contributed by atoms with Gasteiger partial charge in [0.1, 0.15) is 13.2 Å². The van der Waals surface area contributed by atoms with Gasteiger partial charge in [0, 0.05) is 23.0 Å². The normalized spacial score (nSPS) is 15.6.